The Morgan fingerprint density at radius 1 is 1.00 bits per heavy atom. The lowest BCUT2D eigenvalue weighted by atomic mass is 10.3. The summed E-state index contributed by atoms with van der Waals surface area (Å²) in [5.41, 5.74) is 0.952. The summed E-state index contributed by atoms with van der Waals surface area (Å²) in [5.74, 6) is 0.861. The molecule has 0 unspecified atom stereocenters. The van der Waals surface area contributed by atoms with Crippen LogP contribution in [0.4, 0.5) is 5.69 Å². The predicted molar refractivity (Wildman–Crippen MR) is 69.5 cm³/mol. The number of hydrogen-bond acceptors (Lipinski definition) is 2. The first-order chi connectivity index (χ1) is 7.36. The minimum Gasteiger partial charge on any atom is -0.497 e. The van der Waals surface area contributed by atoms with Gasteiger partial charge in [-0.05, 0) is 31.2 Å². The molecule has 0 aliphatic carbocycles. The van der Waals surface area contributed by atoms with Crippen LogP contribution in [0.15, 0.2) is 29.3 Å². The van der Waals surface area contributed by atoms with Gasteiger partial charge in [-0.3, -0.25) is 4.99 Å². The SMILES string of the molecule is CC.CC.CC=Nc1ccc(OC)cc1. The third-order valence-corrected chi connectivity index (χ3v) is 1.35. The van der Waals surface area contributed by atoms with E-state index in [4.69, 9.17) is 4.74 Å². The minimum absolute atomic E-state index is 0.861. The van der Waals surface area contributed by atoms with Crippen molar-refractivity contribution in [1.29, 1.82) is 0 Å². The Morgan fingerprint density at radius 3 is 1.80 bits per heavy atom. The number of aliphatic imine (C=N–C) groups is 1. The maximum atomic E-state index is 5.00. The molecule has 0 atom stereocenters. The first-order valence-electron chi connectivity index (χ1n) is 5.49. The van der Waals surface area contributed by atoms with Gasteiger partial charge in [-0.1, -0.05) is 27.7 Å². The fourth-order valence-electron chi connectivity index (χ4n) is 0.817. The van der Waals surface area contributed by atoms with Crippen LogP contribution in [0.25, 0.3) is 0 Å². The van der Waals surface area contributed by atoms with Crippen molar-refractivity contribution >= 4 is 11.9 Å². The van der Waals surface area contributed by atoms with E-state index in [0.29, 0.717) is 0 Å². The maximum Gasteiger partial charge on any atom is 0.119 e. The van der Waals surface area contributed by atoms with Gasteiger partial charge in [0.15, 0.2) is 0 Å². The van der Waals surface area contributed by atoms with Crippen molar-refractivity contribution in [2.75, 3.05) is 7.11 Å². The van der Waals surface area contributed by atoms with Crippen LogP contribution in [0.2, 0.25) is 0 Å². The van der Waals surface area contributed by atoms with Crippen molar-refractivity contribution in [3.63, 3.8) is 0 Å². The molecule has 0 aromatic heterocycles. The molecule has 86 valence electrons. The molecule has 0 heterocycles. The van der Waals surface area contributed by atoms with E-state index in [1.54, 1.807) is 13.3 Å². The Bertz CT molecular complexity index is 239. The average molecular weight is 209 g/mol. The molecule has 0 amide bonds. The summed E-state index contributed by atoms with van der Waals surface area (Å²) in [6.45, 7) is 9.89. The summed E-state index contributed by atoms with van der Waals surface area (Å²) in [7, 11) is 1.65. The number of rotatable bonds is 2. The van der Waals surface area contributed by atoms with Gasteiger partial charge in [0.2, 0.25) is 0 Å². The molecular weight excluding hydrogens is 186 g/mol. The standard InChI is InChI=1S/C9H11NO.2C2H6/c1-3-10-8-4-6-9(11-2)7-5-8;2*1-2/h3-7H,1-2H3;2*1-2H3. The smallest absolute Gasteiger partial charge is 0.119 e. The number of methoxy groups -OCH3 is 1. The molecule has 0 spiro atoms. The van der Waals surface area contributed by atoms with Crippen molar-refractivity contribution in [3.8, 4) is 5.75 Å². The van der Waals surface area contributed by atoms with Gasteiger partial charge in [-0.25, -0.2) is 0 Å². The highest BCUT2D eigenvalue weighted by Crippen LogP contribution is 2.16. The molecule has 1 aromatic carbocycles. The molecular formula is C13H23NO. The molecule has 0 aliphatic heterocycles. The molecule has 2 heteroatoms. The highest BCUT2D eigenvalue weighted by molar-refractivity contribution is 5.60. The summed E-state index contributed by atoms with van der Waals surface area (Å²) in [5, 5.41) is 0. The fraction of sp³-hybridized carbons (Fsp3) is 0.462. The zero-order chi connectivity index (χ0) is 12.1. The Morgan fingerprint density at radius 2 is 1.47 bits per heavy atom. The van der Waals surface area contributed by atoms with E-state index in [9.17, 15) is 0 Å². The molecule has 0 N–H and O–H groups in total. The summed E-state index contributed by atoms with van der Waals surface area (Å²) in [6.07, 6.45) is 1.77. The van der Waals surface area contributed by atoms with Crippen molar-refractivity contribution in [1.82, 2.24) is 0 Å². The van der Waals surface area contributed by atoms with Crippen molar-refractivity contribution in [2.24, 2.45) is 4.99 Å². The van der Waals surface area contributed by atoms with Gasteiger partial charge in [-0.2, -0.15) is 0 Å². The van der Waals surface area contributed by atoms with Gasteiger partial charge in [0, 0.05) is 6.21 Å². The van der Waals surface area contributed by atoms with Crippen molar-refractivity contribution in [2.45, 2.75) is 34.6 Å². The van der Waals surface area contributed by atoms with Crippen LogP contribution in [0.1, 0.15) is 34.6 Å². The van der Waals surface area contributed by atoms with Gasteiger partial charge < -0.3 is 4.74 Å². The van der Waals surface area contributed by atoms with E-state index in [-0.39, 0.29) is 0 Å². The molecule has 15 heavy (non-hydrogen) atoms. The van der Waals surface area contributed by atoms with Crippen molar-refractivity contribution < 1.29 is 4.74 Å². The normalized spacial score (nSPS) is 8.40. The van der Waals surface area contributed by atoms with Crippen LogP contribution in [-0.4, -0.2) is 13.3 Å². The first kappa shape index (κ1) is 16.1. The predicted octanol–water partition coefficient (Wildman–Crippen LogP) is 4.47. The van der Waals surface area contributed by atoms with Crippen LogP contribution in [-0.2, 0) is 0 Å². The summed E-state index contributed by atoms with van der Waals surface area (Å²) in [4.78, 5) is 4.10. The second-order valence-corrected chi connectivity index (χ2v) is 2.09. The second-order valence-electron chi connectivity index (χ2n) is 2.09. The van der Waals surface area contributed by atoms with Crippen LogP contribution in [0.3, 0.4) is 0 Å². The molecule has 2 nitrogen and oxygen atoms in total. The molecule has 0 bridgehead atoms. The molecule has 1 aromatic rings. The quantitative estimate of drug-likeness (QED) is 0.658. The highest BCUT2D eigenvalue weighted by Gasteiger charge is 1.88. The first-order valence-corrected chi connectivity index (χ1v) is 5.49. The van der Waals surface area contributed by atoms with E-state index in [2.05, 4.69) is 4.99 Å². The van der Waals surface area contributed by atoms with Crippen LogP contribution < -0.4 is 4.74 Å². The molecule has 0 saturated heterocycles. The van der Waals surface area contributed by atoms with Crippen LogP contribution in [0, 0.1) is 0 Å². The Balaban J connectivity index is 0. The van der Waals surface area contributed by atoms with E-state index >= 15 is 0 Å². The largest absolute Gasteiger partial charge is 0.497 e. The molecule has 0 radical (unpaired) electrons. The van der Waals surface area contributed by atoms with E-state index in [0.717, 1.165) is 11.4 Å². The lowest BCUT2D eigenvalue weighted by molar-refractivity contribution is 0.415. The van der Waals surface area contributed by atoms with Gasteiger partial charge >= 0.3 is 0 Å². The Labute approximate surface area is 94.0 Å². The summed E-state index contributed by atoms with van der Waals surface area (Å²) < 4.78 is 5.00. The van der Waals surface area contributed by atoms with E-state index < -0.39 is 0 Å². The van der Waals surface area contributed by atoms with E-state index in [1.807, 2.05) is 58.9 Å². The average Bonchev–Trinajstić information content (AvgIpc) is 2.36. The number of benzene rings is 1. The molecule has 1 rings (SSSR count). The minimum atomic E-state index is 0.861. The van der Waals surface area contributed by atoms with Gasteiger partial charge in [0.05, 0.1) is 12.8 Å². The molecule has 0 aliphatic rings. The third kappa shape index (κ3) is 7.74. The maximum absolute atomic E-state index is 5.00. The lowest BCUT2D eigenvalue weighted by Crippen LogP contribution is -1.79. The zero-order valence-corrected chi connectivity index (χ0v) is 10.7. The van der Waals surface area contributed by atoms with Crippen molar-refractivity contribution in [3.05, 3.63) is 24.3 Å². The lowest BCUT2D eigenvalue weighted by Gasteiger charge is -1.97. The Hall–Kier alpha value is -1.31. The van der Waals surface area contributed by atoms with Gasteiger partial charge in [0.25, 0.3) is 0 Å². The van der Waals surface area contributed by atoms with Crippen LogP contribution >= 0.6 is 0 Å². The summed E-state index contributed by atoms with van der Waals surface area (Å²) >= 11 is 0. The number of nitrogens with zero attached hydrogens (tertiary/aromatic N) is 1. The monoisotopic (exact) mass is 209 g/mol. The van der Waals surface area contributed by atoms with Gasteiger partial charge in [-0.15, -0.1) is 0 Å². The van der Waals surface area contributed by atoms with E-state index in [1.165, 1.54) is 0 Å². The van der Waals surface area contributed by atoms with Crippen LogP contribution in [0.5, 0.6) is 5.75 Å². The van der Waals surface area contributed by atoms with Gasteiger partial charge in [0.1, 0.15) is 5.75 Å². The fourth-order valence-corrected chi connectivity index (χ4v) is 0.817. The number of ether oxygens (including phenoxy) is 1. The Kier molecular flexibility index (Phi) is 13.6. The molecule has 0 fully saturated rings. The molecule has 0 saturated carbocycles. The zero-order valence-electron chi connectivity index (χ0n) is 10.7. The highest BCUT2D eigenvalue weighted by atomic mass is 16.5. The number of hydrogen-bond donors (Lipinski definition) is 0. The topological polar surface area (TPSA) is 21.6 Å². The second kappa shape index (κ2) is 12.7. The third-order valence-electron chi connectivity index (χ3n) is 1.35. The summed E-state index contributed by atoms with van der Waals surface area (Å²) in [6, 6.07) is 7.61.